The number of Topliss-reactive ketones (excluding diaryl/α,β-unsaturated/α-hetero) is 1. The molecular formula is C16H14BrFN2O2. The molecule has 0 aromatic heterocycles. The van der Waals surface area contributed by atoms with Gasteiger partial charge in [-0.15, -0.1) is 0 Å². The Morgan fingerprint density at radius 3 is 2.86 bits per heavy atom. The lowest BCUT2D eigenvalue weighted by Crippen LogP contribution is -2.48. The van der Waals surface area contributed by atoms with Crippen molar-refractivity contribution in [3.8, 4) is 0 Å². The van der Waals surface area contributed by atoms with Gasteiger partial charge in [0.2, 0.25) is 0 Å². The van der Waals surface area contributed by atoms with Crippen LogP contribution in [0.1, 0.15) is 24.9 Å². The molecule has 2 aliphatic heterocycles. The predicted molar refractivity (Wildman–Crippen MR) is 83.5 cm³/mol. The smallest absolute Gasteiger partial charge is 0.322 e. The van der Waals surface area contributed by atoms with Crippen LogP contribution in [0.3, 0.4) is 0 Å². The molecule has 0 saturated carbocycles. The van der Waals surface area contributed by atoms with E-state index in [4.69, 9.17) is 0 Å². The van der Waals surface area contributed by atoms with Crippen LogP contribution < -0.4 is 5.32 Å². The molecule has 114 valence electrons. The van der Waals surface area contributed by atoms with E-state index in [1.807, 2.05) is 6.08 Å². The number of fused-ring (bicyclic) bond motifs is 1. The zero-order chi connectivity index (χ0) is 15.9. The summed E-state index contributed by atoms with van der Waals surface area (Å²) in [5, 5.41) is 2.80. The summed E-state index contributed by atoms with van der Waals surface area (Å²) >= 11 is 3.24. The summed E-state index contributed by atoms with van der Waals surface area (Å²) < 4.78 is 14.2. The van der Waals surface area contributed by atoms with E-state index in [9.17, 15) is 14.0 Å². The number of halogens is 2. The molecule has 3 rings (SSSR count). The van der Waals surface area contributed by atoms with Gasteiger partial charge >= 0.3 is 6.03 Å². The molecule has 1 aromatic rings. The summed E-state index contributed by atoms with van der Waals surface area (Å²) in [7, 11) is 0. The second kappa shape index (κ2) is 5.68. The Balaban J connectivity index is 2.17. The summed E-state index contributed by atoms with van der Waals surface area (Å²) in [5.41, 5.74) is 1.62. The number of rotatable bonds is 2. The Morgan fingerprint density at radius 1 is 1.41 bits per heavy atom. The molecule has 22 heavy (non-hydrogen) atoms. The van der Waals surface area contributed by atoms with E-state index in [1.54, 1.807) is 17.0 Å². The van der Waals surface area contributed by atoms with Gasteiger partial charge < -0.3 is 5.32 Å². The van der Waals surface area contributed by atoms with Crippen LogP contribution in [0, 0.1) is 5.82 Å². The lowest BCUT2D eigenvalue weighted by Gasteiger charge is -2.37. The molecule has 6 heteroatoms. The SMILES string of the molecule is CC(=O)C1=C2C=CCCN2C(=O)NC1c1cc(F)cc(Br)c1. The van der Waals surface area contributed by atoms with Crippen molar-refractivity contribution in [2.24, 2.45) is 0 Å². The quantitative estimate of drug-likeness (QED) is 0.873. The molecule has 0 radical (unpaired) electrons. The standard InChI is InChI=1S/C16H14BrFN2O2/c1-9(21)14-13-4-2-3-5-20(13)16(22)19-15(14)10-6-11(17)8-12(18)7-10/h2,4,6-8,15H,3,5H2,1H3,(H,19,22). The maximum Gasteiger partial charge on any atom is 0.322 e. The van der Waals surface area contributed by atoms with Gasteiger partial charge in [0.25, 0.3) is 0 Å². The van der Waals surface area contributed by atoms with E-state index < -0.39 is 11.9 Å². The first-order chi connectivity index (χ1) is 10.5. The Morgan fingerprint density at radius 2 is 2.18 bits per heavy atom. The topological polar surface area (TPSA) is 49.4 Å². The molecule has 0 spiro atoms. The van der Waals surface area contributed by atoms with E-state index in [0.29, 0.717) is 27.9 Å². The monoisotopic (exact) mass is 364 g/mol. The van der Waals surface area contributed by atoms with Gasteiger partial charge in [-0.1, -0.05) is 22.0 Å². The summed E-state index contributed by atoms with van der Waals surface area (Å²) in [6, 6.07) is 3.46. The fraction of sp³-hybridized carbons (Fsp3) is 0.250. The van der Waals surface area contributed by atoms with Gasteiger partial charge in [-0.3, -0.25) is 9.69 Å². The van der Waals surface area contributed by atoms with Crippen molar-refractivity contribution in [2.45, 2.75) is 19.4 Å². The number of carbonyl (C=O) groups is 2. The molecule has 0 fully saturated rings. The number of ketones is 1. The highest BCUT2D eigenvalue weighted by atomic mass is 79.9. The fourth-order valence-corrected chi connectivity index (χ4v) is 3.34. The first-order valence-electron chi connectivity index (χ1n) is 6.93. The molecule has 0 bridgehead atoms. The van der Waals surface area contributed by atoms with E-state index >= 15 is 0 Å². The third-order valence-electron chi connectivity index (χ3n) is 3.76. The van der Waals surface area contributed by atoms with Crippen molar-refractivity contribution >= 4 is 27.7 Å². The third-order valence-corrected chi connectivity index (χ3v) is 4.22. The van der Waals surface area contributed by atoms with Gasteiger partial charge in [0.05, 0.1) is 11.7 Å². The second-order valence-electron chi connectivity index (χ2n) is 5.28. The van der Waals surface area contributed by atoms with Gasteiger partial charge in [-0.25, -0.2) is 9.18 Å². The van der Waals surface area contributed by atoms with E-state index in [-0.39, 0.29) is 11.8 Å². The van der Waals surface area contributed by atoms with Crippen molar-refractivity contribution in [2.75, 3.05) is 6.54 Å². The average molecular weight is 365 g/mol. The molecule has 4 nitrogen and oxygen atoms in total. The fourth-order valence-electron chi connectivity index (χ4n) is 2.85. The van der Waals surface area contributed by atoms with Crippen LogP contribution in [0.2, 0.25) is 0 Å². The highest BCUT2D eigenvalue weighted by Crippen LogP contribution is 2.34. The van der Waals surface area contributed by atoms with Gasteiger partial charge in [0.15, 0.2) is 5.78 Å². The number of hydrogen-bond donors (Lipinski definition) is 1. The summed E-state index contributed by atoms with van der Waals surface area (Å²) in [6.07, 6.45) is 4.48. The molecule has 0 aliphatic carbocycles. The van der Waals surface area contributed by atoms with Crippen molar-refractivity contribution in [3.63, 3.8) is 0 Å². The molecule has 1 N–H and O–H groups in total. The normalized spacial score (nSPS) is 20.8. The summed E-state index contributed by atoms with van der Waals surface area (Å²) in [5.74, 6) is -0.565. The first-order valence-corrected chi connectivity index (χ1v) is 7.72. The number of hydrogen-bond acceptors (Lipinski definition) is 2. The molecule has 1 atom stereocenters. The van der Waals surface area contributed by atoms with Crippen LogP contribution in [0.5, 0.6) is 0 Å². The Bertz CT molecular complexity index is 707. The minimum atomic E-state index is -0.647. The average Bonchev–Trinajstić information content (AvgIpc) is 2.45. The zero-order valence-electron chi connectivity index (χ0n) is 11.9. The minimum absolute atomic E-state index is 0.142. The van der Waals surface area contributed by atoms with Gasteiger partial charge in [-0.2, -0.15) is 0 Å². The second-order valence-corrected chi connectivity index (χ2v) is 6.20. The lowest BCUT2D eigenvalue weighted by molar-refractivity contribution is -0.114. The van der Waals surface area contributed by atoms with Crippen LogP contribution in [0.15, 0.2) is 46.1 Å². The van der Waals surface area contributed by atoms with Gasteiger partial charge in [0, 0.05) is 16.6 Å². The van der Waals surface area contributed by atoms with Crippen LogP contribution >= 0.6 is 15.9 Å². The molecule has 2 aliphatic rings. The Labute approximate surface area is 135 Å². The highest BCUT2D eigenvalue weighted by molar-refractivity contribution is 9.10. The Kier molecular flexibility index (Phi) is 3.87. The molecule has 2 amide bonds. The van der Waals surface area contributed by atoms with Crippen molar-refractivity contribution < 1.29 is 14.0 Å². The number of urea groups is 1. The molecule has 2 heterocycles. The molecule has 1 aromatic carbocycles. The minimum Gasteiger partial charge on any atom is -0.327 e. The lowest BCUT2D eigenvalue weighted by atomic mass is 9.91. The number of allylic oxidation sites excluding steroid dienone is 1. The Hall–Kier alpha value is -1.95. The number of nitrogens with zero attached hydrogens (tertiary/aromatic N) is 1. The highest BCUT2D eigenvalue weighted by Gasteiger charge is 2.35. The number of amides is 2. The molecule has 0 saturated heterocycles. The number of benzene rings is 1. The maximum absolute atomic E-state index is 13.7. The van der Waals surface area contributed by atoms with Crippen LogP contribution in [-0.4, -0.2) is 23.3 Å². The number of carbonyl (C=O) groups excluding carboxylic acids is 2. The zero-order valence-corrected chi connectivity index (χ0v) is 13.5. The third kappa shape index (κ3) is 2.59. The molecular weight excluding hydrogens is 351 g/mol. The summed E-state index contributed by atoms with van der Waals surface area (Å²) in [6.45, 7) is 2.00. The van der Waals surface area contributed by atoms with Crippen molar-refractivity contribution in [3.05, 3.63) is 57.5 Å². The largest absolute Gasteiger partial charge is 0.327 e. The van der Waals surface area contributed by atoms with Gasteiger partial charge in [-0.05, 0) is 43.2 Å². The predicted octanol–water partition coefficient (Wildman–Crippen LogP) is 3.46. The van der Waals surface area contributed by atoms with Crippen LogP contribution in [0.4, 0.5) is 9.18 Å². The summed E-state index contributed by atoms with van der Waals surface area (Å²) in [4.78, 5) is 26.0. The van der Waals surface area contributed by atoms with E-state index in [1.165, 1.54) is 19.1 Å². The van der Waals surface area contributed by atoms with E-state index in [0.717, 1.165) is 6.42 Å². The van der Waals surface area contributed by atoms with Crippen molar-refractivity contribution in [1.82, 2.24) is 10.2 Å². The van der Waals surface area contributed by atoms with Crippen molar-refractivity contribution in [1.29, 1.82) is 0 Å². The van der Waals surface area contributed by atoms with Gasteiger partial charge in [0.1, 0.15) is 5.82 Å². The first kappa shape index (κ1) is 15.0. The van der Waals surface area contributed by atoms with Crippen LogP contribution in [-0.2, 0) is 4.79 Å². The number of nitrogens with one attached hydrogen (secondary N) is 1. The maximum atomic E-state index is 13.7. The molecule has 1 unspecified atom stereocenters. The van der Waals surface area contributed by atoms with Crippen LogP contribution in [0.25, 0.3) is 0 Å². The van der Waals surface area contributed by atoms with E-state index in [2.05, 4.69) is 21.2 Å².